The van der Waals surface area contributed by atoms with Gasteiger partial charge in [0.25, 0.3) is 5.56 Å². The van der Waals surface area contributed by atoms with Crippen molar-refractivity contribution in [2.75, 3.05) is 4.43 Å². The van der Waals surface area contributed by atoms with Crippen molar-refractivity contribution in [3.8, 4) is 0 Å². The Balaban J connectivity index is 1.98. The van der Waals surface area contributed by atoms with Crippen LogP contribution in [0.15, 0.2) is 52.2 Å². The first-order valence-electron chi connectivity index (χ1n) is 8.73. The van der Waals surface area contributed by atoms with Crippen LogP contribution in [0, 0.1) is 0 Å². The fourth-order valence-electron chi connectivity index (χ4n) is 2.98. The maximum Gasteiger partial charge on any atom is 0.338 e. The van der Waals surface area contributed by atoms with E-state index in [1.165, 1.54) is 6.20 Å². The van der Waals surface area contributed by atoms with Crippen LogP contribution in [-0.2, 0) is 19.0 Å². The van der Waals surface area contributed by atoms with E-state index in [9.17, 15) is 19.2 Å². The summed E-state index contributed by atoms with van der Waals surface area (Å²) in [6, 6.07) is 9.37. The van der Waals surface area contributed by atoms with Gasteiger partial charge in [0.05, 0.1) is 9.99 Å². The number of esters is 1. The van der Waals surface area contributed by atoms with E-state index in [-0.39, 0.29) is 9.99 Å². The third-order valence-electron chi connectivity index (χ3n) is 4.22. The summed E-state index contributed by atoms with van der Waals surface area (Å²) in [6.07, 6.45) is -2.25. The number of aromatic nitrogens is 2. The number of carbonyl (C=O) groups is 2. The summed E-state index contributed by atoms with van der Waals surface area (Å²) in [4.78, 5) is 51.0. The standard InChI is InChI=1S/C19H19IN2O7/c1-19(2)28-15(16(29-19)22-9-8-13(24)21-18(22)26)14(12(23)10-20)27-17(25)11-6-4-3-5-7-11/h3-9,14-16H,10H2,1-2H3,(H,21,24,26)/t14-,15-,16+/m1/s1. The highest BCUT2D eigenvalue weighted by Gasteiger charge is 2.50. The molecule has 2 heterocycles. The number of aromatic amines is 1. The highest BCUT2D eigenvalue weighted by atomic mass is 127. The van der Waals surface area contributed by atoms with Gasteiger partial charge < -0.3 is 14.2 Å². The van der Waals surface area contributed by atoms with Gasteiger partial charge in [-0.3, -0.25) is 19.1 Å². The van der Waals surface area contributed by atoms with Crippen molar-refractivity contribution in [1.82, 2.24) is 9.55 Å². The largest absolute Gasteiger partial charge is 0.448 e. The van der Waals surface area contributed by atoms with Crippen LogP contribution in [0.5, 0.6) is 0 Å². The van der Waals surface area contributed by atoms with Crippen LogP contribution in [0.2, 0.25) is 0 Å². The van der Waals surface area contributed by atoms with E-state index in [2.05, 4.69) is 4.98 Å². The molecular weight excluding hydrogens is 495 g/mol. The number of ether oxygens (including phenoxy) is 3. The van der Waals surface area contributed by atoms with Gasteiger partial charge in [-0.25, -0.2) is 9.59 Å². The lowest BCUT2D eigenvalue weighted by molar-refractivity contribution is -0.162. The predicted octanol–water partition coefficient (Wildman–Crippen LogP) is 1.42. The number of ketones is 1. The monoisotopic (exact) mass is 514 g/mol. The third-order valence-corrected chi connectivity index (χ3v) is 4.97. The zero-order valence-corrected chi connectivity index (χ0v) is 17.8. The van der Waals surface area contributed by atoms with Gasteiger partial charge in [-0.05, 0) is 26.0 Å². The summed E-state index contributed by atoms with van der Waals surface area (Å²) in [6.45, 7) is 3.22. The molecule has 9 nitrogen and oxygen atoms in total. The molecule has 10 heteroatoms. The fourth-order valence-corrected chi connectivity index (χ4v) is 3.41. The number of alkyl halides is 1. The Kier molecular flexibility index (Phi) is 6.34. The quantitative estimate of drug-likeness (QED) is 0.352. The van der Waals surface area contributed by atoms with Crippen LogP contribution in [0.4, 0.5) is 0 Å². The molecule has 1 N–H and O–H groups in total. The Bertz CT molecular complexity index is 1010. The van der Waals surface area contributed by atoms with Gasteiger partial charge >= 0.3 is 11.7 Å². The normalized spacial score (nSPS) is 21.5. The minimum atomic E-state index is -1.31. The fraction of sp³-hybridized carbons (Fsp3) is 0.368. The lowest BCUT2D eigenvalue weighted by atomic mass is 10.1. The molecule has 0 amide bonds. The molecule has 0 radical (unpaired) electrons. The van der Waals surface area contributed by atoms with Crippen LogP contribution in [0.1, 0.15) is 30.4 Å². The number of hydrogen-bond acceptors (Lipinski definition) is 7. The third kappa shape index (κ3) is 4.82. The first kappa shape index (κ1) is 21.4. The van der Waals surface area contributed by atoms with Gasteiger partial charge in [-0.2, -0.15) is 0 Å². The van der Waals surface area contributed by atoms with Gasteiger partial charge in [-0.15, -0.1) is 0 Å². The van der Waals surface area contributed by atoms with E-state index in [0.717, 1.165) is 10.6 Å². The second-order valence-corrected chi connectivity index (χ2v) is 7.56. The molecule has 29 heavy (non-hydrogen) atoms. The second kappa shape index (κ2) is 8.59. The van der Waals surface area contributed by atoms with Gasteiger partial charge in [0, 0.05) is 12.3 Å². The summed E-state index contributed by atoms with van der Waals surface area (Å²) >= 11 is 1.86. The van der Waals surface area contributed by atoms with E-state index in [4.69, 9.17) is 14.2 Å². The molecule has 3 rings (SSSR count). The van der Waals surface area contributed by atoms with Crippen LogP contribution in [0.3, 0.4) is 0 Å². The highest BCUT2D eigenvalue weighted by molar-refractivity contribution is 14.1. The zero-order valence-electron chi connectivity index (χ0n) is 15.7. The average molecular weight is 514 g/mol. The number of carbonyl (C=O) groups excluding carboxylic acids is 2. The number of nitrogens with zero attached hydrogens (tertiary/aromatic N) is 1. The topological polar surface area (TPSA) is 117 Å². The summed E-state index contributed by atoms with van der Waals surface area (Å²) in [5.74, 6) is -2.26. The van der Waals surface area contributed by atoms with Crippen molar-refractivity contribution in [2.24, 2.45) is 0 Å². The van der Waals surface area contributed by atoms with Crippen molar-refractivity contribution >= 4 is 34.3 Å². The lowest BCUT2D eigenvalue weighted by Crippen LogP contribution is -2.45. The molecule has 0 unspecified atom stereocenters. The Labute approximate surface area is 179 Å². The van der Waals surface area contributed by atoms with Crippen LogP contribution >= 0.6 is 22.6 Å². The highest BCUT2D eigenvalue weighted by Crippen LogP contribution is 2.37. The van der Waals surface area contributed by atoms with Crippen molar-refractivity contribution in [3.63, 3.8) is 0 Å². The molecule has 1 saturated heterocycles. The van der Waals surface area contributed by atoms with E-state index in [1.54, 1.807) is 44.2 Å². The molecule has 3 atom stereocenters. The smallest absolute Gasteiger partial charge is 0.338 e. The maximum atomic E-state index is 12.6. The van der Waals surface area contributed by atoms with Crippen molar-refractivity contribution in [3.05, 3.63) is 69.0 Å². The van der Waals surface area contributed by atoms with Crippen molar-refractivity contribution in [1.29, 1.82) is 0 Å². The number of halogens is 1. The molecule has 1 aliphatic heterocycles. The van der Waals surface area contributed by atoms with E-state index < -0.39 is 47.2 Å². The molecule has 0 saturated carbocycles. The Morgan fingerprint density at radius 2 is 1.90 bits per heavy atom. The van der Waals surface area contributed by atoms with Crippen molar-refractivity contribution < 1.29 is 23.8 Å². The lowest BCUT2D eigenvalue weighted by Gasteiger charge is -2.25. The molecule has 154 valence electrons. The molecule has 0 aliphatic carbocycles. The first-order chi connectivity index (χ1) is 13.7. The Morgan fingerprint density at radius 1 is 1.21 bits per heavy atom. The molecule has 0 spiro atoms. The summed E-state index contributed by atoms with van der Waals surface area (Å²) in [5, 5.41) is 0. The van der Waals surface area contributed by atoms with E-state index in [0.29, 0.717) is 0 Å². The van der Waals surface area contributed by atoms with Crippen LogP contribution in [0.25, 0.3) is 0 Å². The molecule has 2 aromatic rings. The summed E-state index contributed by atoms with van der Waals surface area (Å²) in [7, 11) is 0. The van der Waals surface area contributed by atoms with Gasteiger partial charge in [0.1, 0.15) is 0 Å². The molecule has 1 aliphatic rings. The Hall–Kier alpha value is -2.31. The van der Waals surface area contributed by atoms with Gasteiger partial charge in [0.2, 0.25) is 0 Å². The number of rotatable bonds is 6. The number of Topliss-reactive ketones (excluding diaryl/α,β-unsaturated/α-hetero) is 1. The van der Waals surface area contributed by atoms with E-state index >= 15 is 0 Å². The zero-order chi connectivity index (χ0) is 21.2. The second-order valence-electron chi connectivity index (χ2n) is 6.80. The minimum Gasteiger partial charge on any atom is -0.448 e. The molecule has 1 aromatic heterocycles. The Morgan fingerprint density at radius 3 is 2.52 bits per heavy atom. The average Bonchev–Trinajstić information content (AvgIpc) is 3.00. The van der Waals surface area contributed by atoms with Gasteiger partial charge in [-0.1, -0.05) is 40.8 Å². The molecule has 1 fully saturated rings. The number of hydrogen-bond donors (Lipinski definition) is 1. The van der Waals surface area contributed by atoms with Gasteiger partial charge in [0.15, 0.2) is 30.0 Å². The number of H-pyrrole nitrogens is 1. The van der Waals surface area contributed by atoms with E-state index in [1.807, 2.05) is 22.6 Å². The summed E-state index contributed by atoms with van der Waals surface area (Å²) in [5.41, 5.74) is -1.03. The van der Waals surface area contributed by atoms with Crippen LogP contribution in [-0.4, -0.2) is 43.7 Å². The minimum absolute atomic E-state index is 0.0536. The predicted molar refractivity (Wildman–Crippen MR) is 110 cm³/mol. The first-order valence-corrected chi connectivity index (χ1v) is 10.3. The molecular formula is C19H19IN2O7. The van der Waals surface area contributed by atoms with Crippen LogP contribution < -0.4 is 11.2 Å². The number of nitrogens with one attached hydrogen (secondary N) is 1. The molecule has 1 aromatic carbocycles. The molecule has 0 bridgehead atoms. The SMILES string of the molecule is CC1(C)O[C@H]([C@H](OC(=O)c2ccccc2)C(=O)CI)[C@@H](n2ccc(=O)[nH]c2=O)O1. The van der Waals surface area contributed by atoms with Crippen molar-refractivity contribution in [2.45, 2.75) is 38.1 Å². The summed E-state index contributed by atoms with van der Waals surface area (Å²) < 4.78 is 18.3. The maximum absolute atomic E-state index is 12.6. The number of benzene rings is 1.